The molecule has 0 saturated carbocycles. The van der Waals surface area contributed by atoms with Gasteiger partial charge in [-0.25, -0.2) is 0 Å². The molecule has 7 heteroatoms. The predicted octanol–water partition coefficient (Wildman–Crippen LogP) is 10.5. The topological polar surface area (TPSA) is 92.0 Å². The Labute approximate surface area is 349 Å². The lowest BCUT2D eigenvalue weighted by molar-refractivity contribution is 0.0397. The number of ether oxygens (including phenoxy) is 4. The highest BCUT2D eigenvalue weighted by Crippen LogP contribution is 2.28. The van der Waals surface area contributed by atoms with E-state index in [0.29, 0.717) is 50.7 Å². The summed E-state index contributed by atoms with van der Waals surface area (Å²) in [6.45, 7) is 4.14. The van der Waals surface area contributed by atoms with Crippen LogP contribution in [-0.2, 0) is 29.3 Å². The van der Waals surface area contributed by atoms with Gasteiger partial charge in [-0.1, -0.05) is 146 Å². The van der Waals surface area contributed by atoms with Crippen molar-refractivity contribution in [2.45, 2.75) is 58.0 Å². The monoisotopic (exact) mass is 786 g/mol. The van der Waals surface area contributed by atoms with E-state index in [1.54, 1.807) is 6.07 Å². The normalized spacial score (nSPS) is 11.3. The molecule has 1 amide bonds. The van der Waals surface area contributed by atoms with Crippen LogP contribution in [0.3, 0.4) is 0 Å². The van der Waals surface area contributed by atoms with Gasteiger partial charge in [-0.15, -0.1) is 0 Å². The first-order chi connectivity index (χ1) is 29.1. The van der Waals surface area contributed by atoms with Crippen LogP contribution >= 0.6 is 0 Å². The maximum atomic E-state index is 12.5. The minimum absolute atomic E-state index is 0.278. The molecule has 0 spiro atoms. The third kappa shape index (κ3) is 14.6. The van der Waals surface area contributed by atoms with Crippen LogP contribution < -0.4 is 20.5 Å². The predicted molar refractivity (Wildman–Crippen MR) is 236 cm³/mol. The van der Waals surface area contributed by atoms with E-state index >= 15 is 0 Å². The molecular weight excluding hydrogens is 733 g/mol. The second-order valence-electron chi connectivity index (χ2n) is 14.3. The molecule has 59 heavy (non-hydrogen) atoms. The summed E-state index contributed by atoms with van der Waals surface area (Å²) < 4.78 is 24.3. The van der Waals surface area contributed by atoms with E-state index in [0.717, 1.165) is 83.5 Å². The number of hydrogen-bond donors (Lipinski definition) is 2. The van der Waals surface area contributed by atoms with Crippen molar-refractivity contribution in [1.29, 1.82) is 0 Å². The first kappa shape index (κ1) is 42.4. The molecule has 0 heterocycles. The van der Waals surface area contributed by atoms with Crippen molar-refractivity contribution < 1.29 is 23.7 Å². The van der Waals surface area contributed by atoms with Crippen molar-refractivity contribution in [1.82, 2.24) is 5.32 Å². The molecule has 0 aromatic heterocycles. The van der Waals surface area contributed by atoms with E-state index in [2.05, 4.69) is 53.6 Å². The molecule has 0 bridgehead atoms. The Hall–Kier alpha value is -6.17. The Kier molecular flexibility index (Phi) is 17.2. The highest BCUT2D eigenvalue weighted by atomic mass is 16.5. The van der Waals surface area contributed by atoms with Crippen molar-refractivity contribution in [2.75, 3.05) is 26.3 Å². The van der Waals surface area contributed by atoms with Gasteiger partial charge in [-0.05, 0) is 89.2 Å². The molecule has 0 aliphatic rings. The van der Waals surface area contributed by atoms with Crippen LogP contribution in [0.15, 0.2) is 158 Å². The lowest BCUT2D eigenvalue weighted by atomic mass is 10.0. The maximum Gasteiger partial charge on any atom is 0.252 e. The molecule has 1 atom stereocenters. The van der Waals surface area contributed by atoms with E-state index in [4.69, 9.17) is 24.7 Å². The highest BCUT2D eigenvalue weighted by molar-refractivity contribution is 5.95. The van der Waals surface area contributed by atoms with E-state index in [1.807, 2.05) is 115 Å². The number of carbonyl (C=O) groups excluding carboxylic acids is 1. The number of rotatable bonds is 23. The number of unbranched alkanes of at least 4 members (excludes halogenated alkanes) is 3. The van der Waals surface area contributed by atoms with E-state index in [1.165, 1.54) is 0 Å². The number of hydrogen-bond acceptors (Lipinski definition) is 6. The summed E-state index contributed by atoms with van der Waals surface area (Å²) in [5.74, 6) is 7.34. The van der Waals surface area contributed by atoms with Gasteiger partial charge in [0.1, 0.15) is 24.7 Å². The molecule has 3 N–H and O–H groups in total. The van der Waals surface area contributed by atoms with Crippen LogP contribution in [0.25, 0.3) is 11.1 Å². The quantitative estimate of drug-likeness (QED) is 0.0496. The number of benzene rings is 6. The fourth-order valence-corrected chi connectivity index (χ4v) is 6.56. The van der Waals surface area contributed by atoms with Crippen LogP contribution in [0.1, 0.15) is 76.4 Å². The molecule has 6 aromatic carbocycles. The number of primary amides is 1. The van der Waals surface area contributed by atoms with Gasteiger partial charge >= 0.3 is 0 Å². The Balaban J connectivity index is 0.880. The van der Waals surface area contributed by atoms with E-state index in [-0.39, 0.29) is 6.10 Å². The molecule has 6 rings (SSSR count). The van der Waals surface area contributed by atoms with Gasteiger partial charge in [0.2, 0.25) is 0 Å². The summed E-state index contributed by atoms with van der Waals surface area (Å²) in [7, 11) is 0. The smallest absolute Gasteiger partial charge is 0.252 e. The van der Waals surface area contributed by atoms with Crippen LogP contribution in [0.2, 0.25) is 0 Å². The Morgan fingerprint density at radius 3 is 1.97 bits per heavy atom. The molecule has 0 saturated heterocycles. The number of nitrogens with one attached hydrogen (secondary N) is 1. The third-order valence-electron chi connectivity index (χ3n) is 9.78. The zero-order valence-electron chi connectivity index (χ0n) is 33.7. The average molecular weight is 787 g/mol. The summed E-state index contributed by atoms with van der Waals surface area (Å²) in [6, 6.07) is 52.2. The minimum atomic E-state index is -0.535. The van der Waals surface area contributed by atoms with Gasteiger partial charge in [-0.3, -0.25) is 4.79 Å². The maximum absolute atomic E-state index is 12.5. The lowest BCUT2D eigenvalue weighted by Gasteiger charge is -2.21. The van der Waals surface area contributed by atoms with Gasteiger partial charge in [0.15, 0.2) is 0 Å². The molecule has 302 valence electrons. The van der Waals surface area contributed by atoms with Crippen molar-refractivity contribution in [3.63, 3.8) is 0 Å². The van der Waals surface area contributed by atoms with E-state index in [9.17, 15) is 4.79 Å². The van der Waals surface area contributed by atoms with Gasteiger partial charge in [0, 0.05) is 25.1 Å². The van der Waals surface area contributed by atoms with Crippen molar-refractivity contribution in [2.24, 2.45) is 5.73 Å². The second-order valence-corrected chi connectivity index (χ2v) is 14.3. The number of carbonyl (C=O) groups is 1. The van der Waals surface area contributed by atoms with Crippen molar-refractivity contribution >= 4 is 5.91 Å². The Bertz CT molecular complexity index is 2220. The fraction of sp³-hybridized carbons (Fsp3) is 0.250. The van der Waals surface area contributed by atoms with Crippen LogP contribution in [-0.4, -0.2) is 32.2 Å². The molecule has 6 aromatic rings. The van der Waals surface area contributed by atoms with Crippen molar-refractivity contribution in [3.8, 4) is 34.5 Å². The fourth-order valence-electron chi connectivity index (χ4n) is 6.56. The SMILES string of the molecule is NC(=O)c1cc([C@H](CNCCCCCCOCCC#Cc2cccc(-c3cccc(OCc4ccccc4)c3)c2)OCc2ccccc2)ccc1OCc1ccccc1. The van der Waals surface area contributed by atoms with Gasteiger partial charge < -0.3 is 30.0 Å². The van der Waals surface area contributed by atoms with E-state index < -0.39 is 5.91 Å². The average Bonchev–Trinajstić information content (AvgIpc) is 3.28. The van der Waals surface area contributed by atoms with Crippen molar-refractivity contribution in [3.05, 3.63) is 191 Å². The molecule has 0 unspecified atom stereocenters. The first-order valence-electron chi connectivity index (χ1n) is 20.5. The number of amides is 1. The molecule has 0 radical (unpaired) electrons. The van der Waals surface area contributed by atoms with Gasteiger partial charge in [-0.2, -0.15) is 0 Å². The summed E-state index contributed by atoms with van der Waals surface area (Å²) in [4.78, 5) is 12.5. The second kappa shape index (κ2) is 23.9. The standard InChI is InChI=1S/C52H54N2O5/c53-52(55)49-36-47(29-30-50(49)58-39-43-21-8-4-9-22-43)51(59-40-44-23-10-5-11-24-44)37-54-31-13-1-2-14-32-56-33-15-12-18-41-25-16-26-45(34-41)46-27-17-28-48(35-46)57-38-42-19-6-3-7-20-42/h3-11,16-17,19-30,34-36,51,54H,1-2,13-15,31-33,37-40H2,(H2,53,55)/t51-/m0/s1. The van der Waals surface area contributed by atoms with Crippen LogP contribution in [0, 0.1) is 11.8 Å². The van der Waals surface area contributed by atoms with Gasteiger partial charge in [0.25, 0.3) is 5.91 Å². The zero-order valence-corrected chi connectivity index (χ0v) is 33.7. The summed E-state index contributed by atoms with van der Waals surface area (Å²) >= 11 is 0. The first-order valence-corrected chi connectivity index (χ1v) is 20.5. The van der Waals surface area contributed by atoms with Crippen LogP contribution in [0.4, 0.5) is 0 Å². The molecule has 7 nitrogen and oxygen atoms in total. The summed E-state index contributed by atoms with van der Waals surface area (Å²) in [5.41, 5.74) is 13.5. The zero-order chi connectivity index (χ0) is 40.7. The molecule has 0 aliphatic carbocycles. The van der Waals surface area contributed by atoms with Gasteiger partial charge in [0.05, 0.1) is 24.9 Å². The minimum Gasteiger partial charge on any atom is -0.489 e. The number of nitrogens with two attached hydrogens (primary N) is 1. The molecule has 0 fully saturated rings. The Morgan fingerprint density at radius 1 is 0.610 bits per heavy atom. The molecule has 0 aliphatic heterocycles. The third-order valence-corrected chi connectivity index (χ3v) is 9.78. The van der Waals surface area contributed by atoms with Crippen LogP contribution in [0.5, 0.6) is 11.5 Å². The highest BCUT2D eigenvalue weighted by Gasteiger charge is 2.18. The largest absolute Gasteiger partial charge is 0.489 e. The molecular formula is C52H54N2O5. The summed E-state index contributed by atoms with van der Waals surface area (Å²) in [5, 5.41) is 3.57. The lowest BCUT2D eigenvalue weighted by Crippen LogP contribution is -2.25. The Morgan fingerprint density at radius 2 is 1.25 bits per heavy atom. The summed E-state index contributed by atoms with van der Waals surface area (Å²) in [6.07, 6.45) is 4.66.